The van der Waals surface area contributed by atoms with Crippen molar-refractivity contribution in [1.82, 2.24) is 10.3 Å². The van der Waals surface area contributed by atoms with Crippen LogP contribution < -0.4 is 19.8 Å². The van der Waals surface area contributed by atoms with E-state index in [0.29, 0.717) is 28.5 Å². The fraction of sp³-hybridized carbons (Fsp3) is 0.391. The van der Waals surface area contributed by atoms with Gasteiger partial charge in [0.15, 0.2) is 11.5 Å². The molecule has 2 heterocycles. The molecular weight excluding hydrogens is 399 g/mol. The molecular formula is C23H27FN4O3. The summed E-state index contributed by atoms with van der Waals surface area (Å²) in [4.78, 5) is 16.8. The molecule has 0 aliphatic carbocycles. The number of fused-ring (bicyclic) bond motifs is 1. The zero-order chi connectivity index (χ0) is 21.8. The van der Waals surface area contributed by atoms with Crippen LogP contribution in [0.3, 0.4) is 0 Å². The lowest BCUT2D eigenvalue weighted by atomic mass is 10.1. The maximum absolute atomic E-state index is 14.8. The molecule has 1 saturated heterocycles. The molecule has 164 valence electrons. The second-order valence-corrected chi connectivity index (χ2v) is 7.63. The molecule has 0 unspecified atom stereocenters. The molecule has 2 aliphatic heterocycles. The summed E-state index contributed by atoms with van der Waals surface area (Å²) in [5, 5.41) is 4.12. The fourth-order valence-electron chi connectivity index (χ4n) is 3.72. The molecule has 1 atom stereocenters. The first-order valence-corrected chi connectivity index (χ1v) is 10.5. The van der Waals surface area contributed by atoms with Crippen molar-refractivity contribution in [2.24, 2.45) is 5.10 Å². The number of para-hydroxylation sites is 2. The highest BCUT2D eigenvalue weighted by molar-refractivity contribution is 5.99. The van der Waals surface area contributed by atoms with Gasteiger partial charge < -0.3 is 19.3 Å². The molecule has 1 fully saturated rings. The normalized spacial score (nSPS) is 19.3. The van der Waals surface area contributed by atoms with Crippen LogP contribution in [0.2, 0.25) is 0 Å². The molecule has 31 heavy (non-hydrogen) atoms. The van der Waals surface area contributed by atoms with E-state index in [1.165, 1.54) is 6.07 Å². The van der Waals surface area contributed by atoms with E-state index < -0.39 is 12.0 Å². The fourth-order valence-corrected chi connectivity index (χ4v) is 3.72. The van der Waals surface area contributed by atoms with E-state index in [9.17, 15) is 9.18 Å². The number of amides is 1. The highest BCUT2D eigenvalue weighted by Gasteiger charge is 2.27. The second kappa shape index (κ2) is 9.34. The molecule has 8 heteroatoms. The van der Waals surface area contributed by atoms with Gasteiger partial charge in [0, 0.05) is 31.7 Å². The predicted molar refractivity (Wildman–Crippen MR) is 117 cm³/mol. The van der Waals surface area contributed by atoms with Gasteiger partial charge in [0.2, 0.25) is 6.10 Å². The van der Waals surface area contributed by atoms with E-state index in [1.54, 1.807) is 25.1 Å². The van der Waals surface area contributed by atoms with Crippen molar-refractivity contribution < 1.29 is 18.7 Å². The van der Waals surface area contributed by atoms with Crippen LogP contribution in [0.25, 0.3) is 0 Å². The maximum atomic E-state index is 14.8. The van der Waals surface area contributed by atoms with Crippen molar-refractivity contribution >= 4 is 17.3 Å². The van der Waals surface area contributed by atoms with Gasteiger partial charge in [-0.2, -0.15) is 5.10 Å². The van der Waals surface area contributed by atoms with Gasteiger partial charge in [0.1, 0.15) is 12.4 Å². The topological polar surface area (TPSA) is 66.4 Å². The number of hydrogen-bond acceptors (Lipinski definition) is 6. The average Bonchev–Trinajstić information content (AvgIpc) is 2.82. The molecule has 0 saturated carbocycles. The summed E-state index contributed by atoms with van der Waals surface area (Å²) in [7, 11) is 0. The Morgan fingerprint density at radius 1 is 1.16 bits per heavy atom. The minimum Gasteiger partial charge on any atom is -0.485 e. The highest BCUT2D eigenvalue weighted by Crippen LogP contribution is 2.30. The minimum absolute atomic E-state index is 0.103. The van der Waals surface area contributed by atoms with Crippen LogP contribution in [0.5, 0.6) is 11.5 Å². The van der Waals surface area contributed by atoms with Crippen molar-refractivity contribution in [2.45, 2.75) is 20.0 Å². The van der Waals surface area contributed by atoms with Gasteiger partial charge in [0.25, 0.3) is 5.91 Å². The lowest BCUT2D eigenvalue weighted by molar-refractivity contribution is -0.130. The van der Waals surface area contributed by atoms with E-state index >= 15 is 0 Å². The monoisotopic (exact) mass is 426 g/mol. The number of ether oxygens (including phenoxy) is 2. The first-order valence-electron chi connectivity index (χ1n) is 10.5. The van der Waals surface area contributed by atoms with E-state index in [-0.39, 0.29) is 12.4 Å². The number of carbonyl (C=O) groups is 1. The minimum atomic E-state index is -0.799. The maximum Gasteiger partial charge on any atom is 0.284 e. The summed E-state index contributed by atoms with van der Waals surface area (Å²) in [5.74, 6) is 0.425. The predicted octanol–water partition coefficient (Wildman–Crippen LogP) is 2.65. The average molecular weight is 426 g/mol. The molecule has 4 rings (SSSR count). The van der Waals surface area contributed by atoms with Gasteiger partial charge in [-0.15, -0.1) is 0 Å². The standard InChI is InChI=1S/C23H27FN4O3/c1-3-27-10-12-28(13-11-27)19-9-8-17(14-18(19)24)16(2)25-26-23(29)22-15-30-20-6-4-5-7-21(20)31-22/h4-9,14,22H,3,10-13,15H2,1-2H3,(H,26,29)/b25-16-/t22-/m0/s1. The lowest BCUT2D eigenvalue weighted by Gasteiger charge is -2.35. The summed E-state index contributed by atoms with van der Waals surface area (Å²) in [6, 6.07) is 12.2. The number of likely N-dealkylation sites (N-methyl/N-ethyl adjacent to an activating group) is 1. The zero-order valence-electron chi connectivity index (χ0n) is 17.8. The number of benzene rings is 2. The summed E-state index contributed by atoms with van der Waals surface area (Å²) >= 11 is 0. The third-order valence-corrected chi connectivity index (χ3v) is 5.66. The summed E-state index contributed by atoms with van der Waals surface area (Å²) < 4.78 is 26.0. The van der Waals surface area contributed by atoms with E-state index in [0.717, 1.165) is 32.7 Å². The van der Waals surface area contributed by atoms with Crippen molar-refractivity contribution in [1.29, 1.82) is 0 Å². The Kier molecular flexibility index (Phi) is 6.36. The Morgan fingerprint density at radius 3 is 2.61 bits per heavy atom. The zero-order valence-corrected chi connectivity index (χ0v) is 17.8. The number of anilines is 1. The van der Waals surface area contributed by atoms with Gasteiger partial charge in [0.05, 0.1) is 11.4 Å². The van der Waals surface area contributed by atoms with Crippen molar-refractivity contribution in [3.8, 4) is 11.5 Å². The second-order valence-electron chi connectivity index (χ2n) is 7.63. The van der Waals surface area contributed by atoms with Crippen molar-refractivity contribution in [2.75, 3.05) is 44.2 Å². The molecule has 2 aromatic carbocycles. The van der Waals surface area contributed by atoms with Crippen molar-refractivity contribution in [3.05, 3.63) is 53.8 Å². The number of nitrogens with one attached hydrogen (secondary N) is 1. The van der Waals surface area contributed by atoms with Gasteiger partial charge in [-0.25, -0.2) is 9.82 Å². The lowest BCUT2D eigenvalue weighted by Crippen LogP contribution is -2.46. The number of rotatable bonds is 5. The molecule has 2 aromatic rings. The number of carbonyl (C=O) groups excluding carboxylic acids is 1. The summed E-state index contributed by atoms with van der Waals surface area (Å²) in [5.41, 5.74) is 4.21. The van der Waals surface area contributed by atoms with Crippen molar-refractivity contribution in [3.63, 3.8) is 0 Å². The SMILES string of the molecule is CCN1CCN(c2ccc(/C(C)=N\NC(=O)[C@@H]3COc4ccccc4O3)cc2F)CC1. The molecule has 7 nitrogen and oxygen atoms in total. The van der Waals surface area contributed by atoms with E-state index in [4.69, 9.17) is 9.47 Å². The molecule has 0 radical (unpaired) electrons. The van der Waals surface area contributed by atoms with Crippen LogP contribution in [0.15, 0.2) is 47.6 Å². The number of hydrogen-bond donors (Lipinski definition) is 1. The van der Waals surface area contributed by atoms with Crippen LogP contribution in [0.1, 0.15) is 19.4 Å². The number of hydrazone groups is 1. The number of halogens is 1. The van der Waals surface area contributed by atoms with Crippen LogP contribution in [-0.4, -0.2) is 62.0 Å². The van der Waals surface area contributed by atoms with E-state index in [2.05, 4.69) is 27.3 Å². The van der Waals surface area contributed by atoms with E-state index in [1.807, 2.05) is 18.2 Å². The first kappa shape index (κ1) is 21.1. The van der Waals surface area contributed by atoms with Crippen LogP contribution in [0, 0.1) is 5.82 Å². The summed E-state index contributed by atoms with van der Waals surface area (Å²) in [6.07, 6.45) is -0.799. The molecule has 1 N–H and O–H groups in total. The number of nitrogens with zero attached hydrogens (tertiary/aromatic N) is 3. The van der Waals surface area contributed by atoms with Crippen LogP contribution >= 0.6 is 0 Å². The molecule has 1 amide bonds. The van der Waals surface area contributed by atoms with Crippen LogP contribution in [-0.2, 0) is 4.79 Å². The molecule has 0 bridgehead atoms. The van der Waals surface area contributed by atoms with Gasteiger partial charge >= 0.3 is 0 Å². The molecule has 0 aromatic heterocycles. The smallest absolute Gasteiger partial charge is 0.284 e. The Morgan fingerprint density at radius 2 is 1.90 bits per heavy atom. The molecule has 2 aliphatic rings. The number of piperazine rings is 1. The highest BCUT2D eigenvalue weighted by atomic mass is 19.1. The van der Waals surface area contributed by atoms with Gasteiger partial charge in [-0.05, 0) is 37.7 Å². The quantitative estimate of drug-likeness (QED) is 0.588. The summed E-state index contributed by atoms with van der Waals surface area (Å²) in [6.45, 7) is 8.46. The van der Waals surface area contributed by atoms with Gasteiger partial charge in [-0.3, -0.25) is 4.79 Å². The third-order valence-electron chi connectivity index (χ3n) is 5.66. The first-order chi connectivity index (χ1) is 15.0. The Hall–Kier alpha value is -3.13. The Balaban J connectivity index is 1.37. The third kappa shape index (κ3) is 4.80. The Labute approximate surface area is 181 Å². The Bertz CT molecular complexity index is 973. The largest absolute Gasteiger partial charge is 0.485 e. The van der Waals surface area contributed by atoms with Crippen LogP contribution in [0.4, 0.5) is 10.1 Å². The molecule has 0 spiro atoms. The van der Waals surface area contributed by atoms with Gasteiger partial charge in [-0.1, -0.05) is 25.1 Å².